The quantitative estimate of drug-likeness (QED) is 0.457. The molecular weight excluding hydrogens is 164 g/mol. The molecule has 0 aromatic heterocycles. The van der Waals surface area contributed by atoms with Gasteiger partial charge >= 0.3 is 11.9 Å². The minimum absolute atomic E-state index is 0.0966. The van der Waals surface area contributed by atoms with Crippen molar-refractivity contribution >= 4 is 11.9 Å². The maximum atomic E-state index is 10.8. The summed E-state index contributed by atoms with van der Waals surface area (Å²) in [5.74, 6) is 3.01. The van der Waals surface area contributed by atoms with Crippen LogP contribution in [0.1, 0.15) is 12.8 Å². The van der Waals surface area contributed by atoms with Crippen LogP contribution in [0.2, 0.25) is 0 Å². The van der Waals surface area contributed by atoms with Crippen LogP contribution in [0.5, 0.6) is 0 Å². The first kappa shape index (κ1) is 10.9. The van der Waals surface area contributed by atoms with Crippen molar-refractivity contribution in [1.82, 2.24) is 5.32 Å². The molecule has 0 heterocycles. The highest BCUT2D eigenvalue weighted by Crippen LogP contribution is 1.97. The molecule has 6 nitrogen and oxygen atoms in total. The molecular formula is C6H12N2O4. The molecule has 0 aromatic carbocycles. The van der Waals surface area contributed by atoms with Crippen LogP contribution in [0.4, 0.5) is 0 Å². The van der Waals surface area contributed by atoms with E-state index in [-0.39, 0.29) is 12.8 Å². The predicted octanol–water partition coefficient (Wildman–Crippen LogP) is -1.14. The van der Waals surface area contributed by atoms with Gasteiger partial charge in [-0.05, 0) is 13.5 Å². The normalized spacial score (nSPS) is 12.2. The average Bonchev–Trinajstić information content (AvgIpc) is 2.04. The van der Waals surface area contributed by atoms with Gasteiger partial charge in [-0.2, -0.15) is 5.90 Å². The molecule has 0 saturated carbocycles. The van der Waals surface area contributed by atoms with Crippen LogP contribution in [-0.4, -0.2) is 30.1 Å². The molecule has 12 heavy (non-hydrogen) atoms. The number of nitrogens with two attached hydrogens (primary N) is 1. The number of hydrogen-bond acceptors (Lipinski definition) is 5. The second-order valence-corrected chi connectivity index (χ2v) is 2.21. The summed E-state index contributed by atoms with van der Waals surface area (Å²) in [7, 11) is 1.53. The van der Waals surface area contributed by atoms with E-state index in [1.807, 2.05) is 0 Å². The summed E-state index contributed by atoms with van der Waals surface area (Å²) < 4.78 is 0. The van der Waals surface area contributed by atoms with Crippen molar-refractivity contribution in [2.45, 2.75) is 18.9 Å². The van der Waals surface area contributed by atoms with Gasteiger partial charge in [-0.1, -0.05) is 0 Å². The van der Waals surface area contributed by atoms with Gasteiger partial charge in [0.2, 0.25) is 0 Å². The van der Waals surface area contributed by atoms with E-state index < -0.39 is 18.0 Å². The van der Waals surface area contributed by atoms with Gasteiger partial charge in [-0.15, -0.1) is 0 Å². The van der Waals surface area contributed by atoms with E-state index in [2.05, 4.69) is 16.1 Å². The number of rotatable bonds is 5. The zero-order valence-corrected chi connectivity index (χ0v) is 6.74. The highest BCUT2D eigenvalue weighted by molar-refractivity contribution is 5.76. The Bertz CT molecular complexity index is 171. The Morgan fingerprint density at radius 3 is 2.58 bits per heavy atom. The van der Waals surface area contributed by atoms with E-state index in [1.165, 1.54) is 7.05 Å². The van der Waals surface area contributed by atoms with Crippen molar-refractivity contribution in [3.63, 3.8) is 0 Å². The van der Waals surface area contributed by atoms with Crippen LogP contribution in [0, 0.1) is 0 Å². The number of likely N-dealkylation sites (N-methyl/N-ethyl adjacent to an activating group) is 1. The van der Waals surface area contributed by atoms with Gasteiger partial charge < -0.3 is 15.3 Å². The van der Waals surface area contributed by atoms with Crippen LogP contribution < -0.4 is 11.2 Å². The number of aliphatic carboxylic acids is 1. The summed E-state index contributed by atoms with van der Waals surface area (Å²) in [4.78, 5) is 24.8. The molecule has 0 unspecified atom stereocenters. The van der Waals surface area contributed by atoms with Gasteiger partial charge in [-0.25, -0.2) is 4.79 Å². The van der Waals surface area contributed by atoms with E-state index in [1.54, 1.807) is 0 Å². The highest BCUT2D eigenvalue weighted by atomic mass is 16.7. The molecule has 0 radical (unpaired) electrons. The van der Waals surface area contributed by atoms with Crippen molar-refractivity contribution in [2.75, 3.05) is 7.05 Å². The first-order chi connectivity index (χ1) is 5.61. The number of carbonyl (C=O) groups is 2. The minimum Gasteiger partial charge on any atom is -0.481 e. The molecule has 0 aliphatic carbocycles. The molecule has 0 aliphatic rings. The van der Waals surface area contributed by atoms with Crippen molar-refractivity contribution in [3.8, 4) is 0 Å². The van der Waals surface area contributed by atoms with Gasteiger partial charge in [0.1, 0.15) is 6.04 Å². The number of hydrogen-bond donors (Lipinski definition) is 3. The van der Waals surface area contributed by atoms with E-state index >= 15 is 0 Å². The van der Waals surface area contributed by atoms with E-state index in [0.717, 1.165) is 0 Å². The van der Waals surface area contributed by atoms with Crippen molar-refractivity contribution < 1.29 is 19.5 Å². The summed E-state index contributed by atoms with van der Waals surface area (Å²) in [6, 6.07) is -0.647. The van der Waals surface area contributed by atoms with E-state index in [9.17, 15) is 9.59 Å². The minimum atomic E-state index is -0.958. The third-order valence-corrected chi connectivity index (χ3v) is 1.40. The Morgan fingerprint density at radius 1 is 1.67 bits per heavy atom. The van der Waals surface area contributed by atoms with Crippen molar-refractivity contribution in [1.29, 1.82) is 0 Å². The summed E-state index contributed by atoms with van der Waals surface area (Å²) in [6.45, 7) is 0. The third-order valence-electron chi connectivity index (χ3n) is 1.40. The molecule has 1 atom stereocenters. The topological polar surface area (TPSA) is 102 Å². The Hall–Kier alpha value is -1.14. The maximum absolute atomic E-state index is 10.8. The highest BCUT2D eigenvalue weighted by Gasteiger charge is 2.17. The molecule has 0 aromatic rings. The van der Waals surface area contributed by atoms with Crippen LogP contribution in [-0.2, 0) is 14.4 Å². The van der Waals surface area contributed by atoms with E-state index in [4.69, 9.17) is 5.11 Å². The monoisotopic (exact) mass is 176 g/mol. The smallest absolute Gasteiger partial charge is 0.341 e. The first-order valence-electron chi connectivity index (χ1n) is 3.41. The van der Waals surface area contributed by atoms with Crippen LogP contribution in [0.25, 0.3) is 0 Å². The maximum Gasteiger partial charge on any atom is 0.341 e. The number of carboxylic acid groups (broad SMARTS) is 1. The Morgan fingerprint density at radius 2 is 2.25 bits per heavy atom. The summed E-state index contributed by atoms with van der Waals surface area (Å²) in [6.07, 6.45) is 0.0719. The molecule has 6 heteroatoms. The fourth-order valence-electron chi connectivity index (χ4n) is 0.730. The zero-order chi connectivity index (χ0) is 9.56. The lowest BCUT2D eigenvalue weighted by Crippen LogP contribution is -2.37. The number of carbonyl (C=O) groups excluding carboxylic acids is 1. The second-order valence-electron chi connectivity index (χ2n) is 2.21. The first-order valence-corrected chi connectivity index (χ1v) is 3.41. The molecule has 0 amide bonds. The SMILES string of the molecule is CN[C@@H](CCC(=O)O)C(=O)ON. The molecule has 0 aliphatic heterocycles. The van der Waals surface area contributed by atoms with Crippen LogP contribution in [0.15, 0.2) is 0 Å². The Labute approximate surface area is 69.6 Å². The summed E-state index contributed by atoms with van der Waals surface area (Å²) in [5.41, 5.74) is 0. The lowest BCUT2D eigenvalue weighted by atomic mass is 10.1. The van der Waals surface area contributed by atoms with Gasteiger partial charge in [0.25, 0.3) is 0 Å². The molecule has 0 fully saturated rings. The van der Waals surface area contributed by atoms with Crippen LogP contribution >= 0.6 is 0 Å². The Balaban J connectivity index is 3.83. The molecule has 0 bridgehead atoms. The Kier molecular flexibility index (Phi) is 4.98. The fourth-order valence-corrected chi connectivity index (χ4v) is 0.730. The predicted molar refractivity (Wildman–Crippen MR) is 40.0 cm³/mol. The largest absolute Gasteiger partial charge is 0.481 e. The van der Waals surface area contributed by atoms with Gasteiger partial charge in [0, 0.05) is 6.42 Å². The van der Waals surface area contributed by atoms with Gasteiger partial charge in [0.15, 0.2) is 0 Å². The number of nitrogens with one attached hydrogen (secondary N) is 1. The lowest BCUT2D eigenvalue weighted by Gasteiger charge is -2.10. The lowest BCUT2D eigenvalue weighted by molar-refractivity contribution is -0.147. The molecule has 70 valence electrons. The zero-order valence-electron chi connectivity index (χ0n) is 6.74. The number of carboxylic acids is 1. The average molecular weight is 176 g/mol. The molecule has 4 N–H and O–H groups in total. The summed E-state index contributed by atoms with van der Waals surface area (Å²) in [5, 5.41) is 10.9. The molecule has 0 spiro atoms. The third kappa shape index (κ3) is 3.89. The standard InChI is InChI=1S/C6H12N2O4/c1-8-4(6(11)12-7)2-3-5(9)10/h4,8H,2-3,7H2,1H3,(H,9,10)/t4-/m0/s1. The van der Waals surface area contributed by atoms with Crippen molar-refractivity contribution in [3.05, 3.63) is 0 Å². The second kappa shape index (κ2) is 5.50. The van der Waals surface area contributed by atoms with Crippen molar-refractivity contribution in [2.24, 2.45) is 5.90 Å². The summed E-state index contributed by atoms with van der Waals surface area (Å²) >= 11 is 0. The van der Waals surface area contributed by atoms with E-state index in [0.29, 0.717) is 0 Å². The molecule has 0 saturated heterocycles. The fraction of sp³-hybridized carbons (Fsp3) is 0.667. The van der Waals surface area contributed by atoms with Gasteiger partial charge in [0.05, 0.1) is 0 Å². The van der Waals surface area contributed by atoms with Gasteiger partial charge in [-0.3, -0.25) is 4.79 Å². The van der Waals surface area contributed by atoms with Crippen LogP contribution in [0.3, 0.4) is 0 Å². The molecule has 0 rings (SSSR count).